The summed E-state index contributed by atoms with van der Waals surface area (Å²) in [4.78, 5) is 24.7. The summed E-state index contributed by atoms with van der Waals surface area (Å²) >= 11 is 0. The Morgan fingerprint density at radius 2 is 2.00 bits per heavy atom. The molecule has 0 radical (unpaired) electrons. The second-order valence-electron chi connectivity index (χ2n) is 6.77. The third-order valence-electron chi connectivity index (χ3n) is 4.62. The highest BCUT2D eigenvalue weighted by molar-refractivity contribution is 5.92. The van der Waals surface area contributed by atoms with E-state index in [9.17, 15) is 9.90 Å². The van der Waals surface area contributed by atoms with Crippen molar-refractivity contribution in [3.63, 3.8) is 0 Å². The van der Waals surface area contributed by atoms with Gasteiger partial charge in [0, 0.05) is 25.5 Å². The Bertz CT molecular complexity index is 503. The van der Waals surface area contributed by atoms with Crippen LogP contribution in [-0.4, -0.2) is 76.2 Å². The quantitative estimate of drug-likeness (QED) is 0.768. The number of amides is 1. The van der Waals surface area contributed by atoms with Gasteiger partial charge in [0.25, 0.3) is 0 Å². The second kappa shape index (κ2) is 9.05. The Hall–Kier alpha value is -1.57. The molecule has 0 aliphatic carbocycles. The van der Waals surface area contributed by atoms with Crippen molar-refractivity contribution < 1.29 is 9.90 Å². The van der Waals surface area contributed by atoms with Gasteiger partial charge in [0.05, 0.1) is 12.1 Å². The molecule has 7 nitrogen and oxygen atoms in total. The van der Waals surface area contributed by atoms with Gasteiger partial charge in [0.15, 0.2) is 0 Å². The molecule has 2 heterocycles. The third kappa shape index (κ3) is 5.81. The molecule has 1 aliphatic rings. The van der Waals surface area contributed by atoms with E-state index in [1.54, 1.807) is 18.5 Å². The number of anilines is 1. The van der Waals surface area contributed by atoms with Crippen LogP contribution in [0.1, 0.15) is 26.7 Å². The molecule has 1 aliphatic heterocycles. The molecular weight excluding hydrogens is 306 g/mol. The fourth-order valence-corrected chi connectivity index (χ4v) is 3.07. The first kappa shape index (κ1) is 18.8. The normalized spacial score (nSPS) is 19.2. The minimum Gasteiger partial charge on any atom is -0.392 e. The second-order valence-corrected chi connectivity index (χ2v) is 6.77. The molecule has 2 atom stereocenters. The molecule has 2 N–H and O–H groups in total. The summed E-state index contributed by atoms with van der Waals surface area (Å²) in [5, 5.41) is 12.2. The van der Waals surface area contributed by atoms with E-state index >= 15 is 0 Å². The highest BCUT2D eigenvalue weighted by Gasteiger charge is 2.25. The molecule has 24 heavy (non-hydrogen) atoms. The zero-order chi connectivity index (χ0) is 17.5. The average molecular weight is 335 g/mol. The van der Waals surface area contributed by atoms with Crippen LogP contribution in [0.5, 0.6) is 0 Å². The SMILES string of the molecule is C[C@@H](O)CN1CCC(CN(C)[C@@H](C)C(=O)Nc2ncccn2)CC1. The first-order valence-electron chi connectivity index (χ1n) is 8.64. The standard InChI is InChI=1S/C17H29N5O2/c1-13(23)11-22-9-5-15(6-10-22)12-21(3)14(2)16(24)20-17-18-7-4-8-19-17/h4,7-8,13-15,23H,5-6,9-12H2,1-3H3,(H,18,19,20,24)/t13-,14+/m1/s1. The van der Waals surface area contributed by atoms with Crippen LogP contribution in [0.15, 0.2) is 18.5 Å². The summed E-state index contributed by atoms with van der Waals surface area (Å²) in [6.07, 6.45) is 5.16. The number of rotatable bonds is 7. The monoisotopic (exact) mass is 335 g/mol. The average Bonchev–Trinajstić information content (AvgIpc) is 2.56. The van der Waals surface area contributed by atoms with Gasteiger partial charge in [-0.1, -0.05) is 0 Å². The van der Waals surface area contributed by atoms with E-state index in [4.69, 9.17) is 0 Å². The number of aromatic nitrogens is 2. The van der Waals surface area contributed by atoms with E-state index in [1.807, 2.05) is 20.9 Å². The molecular formula is C17H29N5O2. The molecule has 134 valence electrons. The fourth-order valence-electron chi connectivity index (χ4n) is 3.07. The zero-order valence-corrected chi connectivity index (χ0v) is 14.9. The maximum atomic E-state index is 12.3. The van der Waals surface area contributed by atoms with Gasteiger partial charge >= 0.3 is 0 Å². The summed E-state index contributed by atoms with van der Waals surface area (Å²) in [7, 11) is 1.98. The van der Waals surface area contributed by atoms with Crippen molar-refractivity contribution in [2.75, 3.05) is 38.5 Å². The molecule has 0 spiro atoms. The van der Waals surface area contributed by atoms with Crippen LogP contribution in [0.3, 0.4) is 0 Å². The van der Waals surface area contributed by atoms with Crippen molar-refractivity contribution in [3.05, 3.63) is 18.5 Å². The maximum absolute atomic E-state index is 12.3. The number of piperidine rings is 1. The van der Waals surface area contributed by atoms with Gasteiger partial charge in [-0.3, -0.25) is 15.0 Å². The number of hydrogen-bond acceptors (Lipinski definition) is 6. The number of aliphatic hydroxyl groups excluding tert-OH is 1. The Morgan fingerprint density at radius 3 is 2.58 bits per heavy atom. The Labute approximate surface area is 144 Å². The highest BCUT2D eigenvalue weighted by atomic mass is 16.3. The molecule has 1 aromatic heterocycles. The van der Waals surface area contributed by atoms with Crippen LogP contribution in [0.4, 0.5) is 5.95 Å². The van der Waals surface area contributed by atoms with Gasteiger partial charge in [-0.05, 0) is 58.8 Å². The Balaban J connectivity index is 1.75. The van der Waals surface area contributed by atoms with Crippen LogP contribution in [0.25, 0.3) is 0 Å². The lowest BCUT2D eigenvalue weighted by molar-refractivity contribution is -0.120. The summed E-state index contributed by atoms with van der Waals surface area (Å²) in [5.41, 5.74) is 0. The number of nitrogens with one attached hydrogen (secondary N) is 1. The first-order chi connectivity index (χ1) is 11.5. The van der Waals surface area contributed by atoms with Crippen molar-refractivity contribution in [3.8, 4) is 0 Å². The number of nitrogens with zero attached hydrogens (tertiary/aromatic N) is 4. The molecule has 0 unspecified atom stereocenters. The predicted octanol–water partition coefficient (Wildman–Crippen LogP) is 0.828. The molecule has 0 aromatic carbocycles. The van der Waals surface area contributed by atoms with Gasteiger partial charge in [-0.2, -0.15) is 0 Å². The van der Waals surface area contributed by atoms with Crippen LogP contribution in [0.2, 0.25) is 0 Å². The van der Waals surface area contributed by atoms with Crippen LogP contribution < -0.4 is 5.32 Å². The van der Waals surface area contributed by atoms with Crippen molar-refractivity contribution >= 4 is 11.9 Å². The van der Waals surface area contributed by atoms with Gasteiger partial charge in [-0.25, -0.2) is 9.97 Å². The minimum absolute atomic E-state index is 0.0877. The lowest BCUT2D eigenvalue weighted by Gasteiger charge is -2.35. The summed E-state index contributed by atoms with van der Waals surface area (Å²) in [5.74, 6) is 0.841. The molecule has 0 bridgehead atoms. The van der Waals surface area contributed by atoms with E-state index in [-0.39, 0.29) is 18.1 Å². The summed E-state index contributed by atoms with van der Waals surface area (Å²) < 4.78 is 0. The molecule has 2 rings (SSSR count). The van der Waals surface area contributed by atoms with Crippen LogP contribution in [0, 0.1) is 5.92 Å². The predicted molar refractivity (Wildman–Crippen MR) is 93.6 cm³/mol. The van der Waals surface area contributed by atoms with Crippen molar-refractivity contribution in [2.45, 2.75) is 38.8 Å². The number of likely N-dealkylation sites (N-methyl/N-ethyl adjacent to an activating group) is 1. The summed E-state index contributed by atoms with van der Waals surface area (Å²) in [6, 6.07) is 1.49. The van der Waals surface area contributed by atoms with E-state index in [1.165, 1.54) is 0 Å². The smallest absolute Gasteiger partial charge is 0.243 e. The van der Waals surface area contributed by atoms with Crippen molar-refractivity contribution in [1.82, 2.24) is 19.8 Å². The molecule has 1 saturated heterocycles. The first-order valence-corrected chi connectivity index (χ1v) is 8.64. The highest BCUT2D eigenvalue weighted by Crippen LogP contribution is 2.19. The number of carbonyl (C=O) groups is 1. The summed E-state index contributed by atoms with van der Waals surface area (Å²) in [6.45, 7) is 7.41. The van der Waals surface area contributed by atoms with Crippen molar-refractivity contribution in [1.29, 1.82) is 0 Å². The van der Waals surface area contributed by atoms with Gasteiger partial charge in [-0.15, -0.1) is 0 Å². The lowest BCUT2D eigenvalue weighted by atomic mass is 9.95. The maximum Gasteiger partial charge on any atom is 0.243 e. The molecule has 0 saturated carbocycles. The van der Waals surface area contributed by atoms with Crippen molar-refractivity contribution in [2.24, 2.45) is 5.92 Å². The van der Waals surface area contributed by atoms with Crippen LogP contribution in [-0.2, 0) is 4.79 Å². The number of carbonyl (C=O) groups excluding carboxylic acids is 1. The van der Waals surface area contributed by atoms with Gasteiger partial charge in [0.1, 0.15) is 0 Å². The van der Waals surface area contributed by atoms with Gasteiger partial charge < -0.3 is 10.0 Å². The number of likely N-dealkylation sites (tertiary alicyclic amines) is 1. The fraction of sp³-hybridized carbons (Fsp3) is 0.706. The number of aliphatic hydroxyl groups is 1. The van der Waals surface area contributed by atoms with E-state index in [2.05, 4.69) is 25.1 Å². The Morgan fingerprint density at radius 1 is 1.38 bits per heavy atom. The van der Waals surface area contributed by atoms with Crippen LogP contribution >= 0.6 is 0 Å². The zero-order valence-electron chi connectivity index (χ0n) is 14.9. The number of β-amino-alcohol motifs (C(OH)–C–C–N with tert-alkyl or cyclic N) is 1. The lowest BCUT2D eigenvalue weighted by Crippen LogP contribution is -2.45. The van der Waals surface area contributed by atoms with Gasteiger partial charge in [0.2, 0.25) is 11.9 Å². The largest absolute Gasteiger partial charge is 0.392 e. The topological polar surface area (TPSA) is 81.6 Å². The molecule has 7 heteroatoms. The molecule has 1 aromatic rings. The molecule has 1 amide bonds. The van der Waals surface area contributed by atoms with E-state index < -0.39 is 0 Å². The third-order valence-corrected chi connectivity index (χ3v) is 4.62. The van der Waals surface area contributed by atoms with E-state index in [0.717, 1.165) is 39.0 Å². The number of hydrogen-bond donors (Lipinski definition) is 2. The minimum atomic E-state index is -0.270. The van der Waals surface area contributed by atoms with E-state index in [0.29, 0.717) is 11.9 Å². The molecule has 1 fully saturated rings. The Kier molecular flexibility index (Phi) is 7.08.